The fraction of sp³-hybridized carbons (Fsp3) is 0.300. The van der Waals surface area contributed by atoms with E-state index in [2.05, 4.69) is 0 Å². The molecule has 150 valence electrons. The summed E-state index contributed by atoms with van der Waals surface area (Å²) in [5.74, 6) is 0.148. The van der Waals surface area contributed by atoms with Crippen molar-refractivity contribution in [2.24, 2.45) is 0 Å². The van der Waals surface area contributed by atoms with Crippen molar-refractivity contribution in [3.8, 4) is 11.3 Å². The summed E-state index contributed by atoms with van der Waals surface area (Å²) in [6, 6.07) is 8.20. The van der Waals surface area contributed by atoms with E-state index in [4.69, 9.17) is 16.6 Å². The van der Waals surface area contributed by atoms with Crippen LogP contribution in [0.2, 0.25) is 0 Å². The lowest BCUT2D eigenvalue weighted by Crippen LogP contribution is -2.28. The van der Waals surface area contributed by atoms with Gasteiger partial charge in [-0.05, 0) is 24.6 Å². The molecule has 0 aliphatic rings. The lowest BCUT2D eigenvalue weighted by atomic mass is 10.1. The molecule has 3 nitrogen and oxygen atoms in total. The predicted molar refractivity (Wildman–Crippen MR) is 111 cm³/mol. The van der Waals surface area contributed by atoms with E-state index in [1.165, 1.54) is 41.1 Å². The first-order chi connectivity index (χ1) is 13.3. The number of rotatable bonds is 8. The highest BCUT2D eigenvalue weighted by Gasteiger charge is 2.34. The van der Waals surface area contributed by atoms with Crippen molar-refractivity contribution in [1.82, 2.24) is 4.90 Å². The molecular weight excluding hydrogens is 407 g/mol. The molecule has 0 fully saturated rings. The van der Waals surface area contributed by atoms with E-state index in [9.17, 15) is 18.0 Å². The highest BCUT2D eigenvalue weighted by Crippen LogP contribution is 2.37. The highest BCUT2D eigenvalue weighted by atomic mass is 32.2. The summed E-state index contributed by atoms with van der Waals surface area (Å²) < 4.78 is 46.6. The molecule has 0 N–H and O–H groups in total. The Morgan fingerprint density at radius 3 is 2.61 bits per heavy atom. The molecule has 1 amide bonds. The summed E-state index contributed by atoms with van der Waals surface area (Å²) >= 11 is 5.92. The Bertz CT molecular complexity index is 859. The minimum absolute atomic E-state index is 0.0509. The van der Waals surface area contributed by atoms with Crippen molar-refractivity contribution in [2.75, 3.05) is 13.6 Å². The number of benzene rings is 1. The first-order valence-corrected chi connectivity index (χ1v) is 9.97. The minimum atomic E-state index is -4.49. The number of hydrogen-bond acceptors (Lipinski definition) is 4. The zero-order valence-electron chi connectivity index (χ0n) is 15.5. The predicted octanol–water partition coefficient (Wildman–Crippen LogP) is 6.26. The van der Waals surface area contributed by atoms with Gasteiger partial charge in [-0.25, -0.2) is 0 Å². The molecule has 1 aromatic carbocycles. The number of unbranched alkanes of at least 4 members (excludes halogenated alkanes) is 1. The number of carbonyl (C=O) groups excluding carboxylic acids is 1. The molecule has 1 aromatic heterocycles. The molecule has 0 unspecified atom stereocenters. The Morgan fingerprint density at radius 1 is 1.25 bits per heavy atom. The van der Waals surface area contributed by atoms with Gasteiger partial charge in [0.1, 0.15) is 11.5 Å². The standard InChI is InChI=1S/C20H20F3NO2S2/c1-3-4-11-24(2)19(25)18(28-13-27)12-14-9-10-17(26-14)15-7-5-6-8-16(15)20(21,22)23/h5-10,12-13H,3-4,11H2,1-2H3/b18-12-. The highest BCUT2D eigenvalue weighted by molar-refractivity contribution is 8.24. The monoisotopic (exact) mass is 427 g/mol. The summed E-state index contributed by atoms with van der Waals surface area (Å²) in [5, 5.41) is 0. The third-order valence-corrected chi connectivity index (χ3v) is 4.91. The number of hydrogen-bond donors (Lipinski definition) is 0. The number of thioether (sulfide) groups is 1. The molecule has 0 saturated heterocycles. The van der Waals surface area contributed by atoms with Gasteiger partial charge >= 0.3 is 6.18 Å². The first-order valence-electron chi connectivity index (χ1n) is 8.61. The van der Waals surface area contributed by atoms with Gasteiger partial charge in [-0.3, -0.25) is 4.79 Å². The van der Waals surface area contributed by atoms with Gasteiger partial charge in [-0.2, -0.15) is 13.2 Å². The van der Waals surface area contributed by atoms with E-state index >= 15 is 0 Å². The summed E-state index contributed by atoms with van der Waals surface area (Å²) in [7, 11) is 1.70. The number of carbonyl (C=O) groups is 1. The summed E-state index contributed by atoms with van der Waals surface area (Å²) in [4.78, 5) is 14.5. The van der Waals surface area contributed by atoms with Crippen LogP contribution < -0.4 is 0 Å². The normalized spacial score (nSPS) is 12.1. The zero-order chi connectivity index (χ0) is 20.7. The van der Waals surface area contributed by atoms with Crippen LogP contribution in [0.15, 0.2) is 45.7 Å². The molecular formula is C20H20F3NO2S2. The first kappa shape index (κ1) is 22.2. The van der Waals surface area contributed by atoms with E-state index in [1.807, 2.05) is 6.92 Å². The molecule has 0 bridgehead atoms. The molecule has 0 saturated carbocycles. The molecule has 28 heavy (non-hydrogen) atoms. The fourth-order valence-electron chi connectivity index (χ4n) is 2.53. The summed E-state index contributed by atoms with van der Waals surface area (Å²) in [6.45, 7) is 2.64. The van der Waals surface area contributed by atoms with Crippen LogP contribution in [0.25, 0.3) is 17.4 Å². The van der Waals surface area contributed by atoms with Gasteiger partial charge in [0, 0.05) is 29.9 Å². The molecule has 0 atom stereocenters. The maximum Gasteiger partial charge on any atom is 0.417 e. The van der Waals surface area contributed by atoms with Crippen molar-refractivity contribution >= 4 is 40.7 Å². The van der Waals surface area contributed by atoms with Gasteiger partial charge in [0.2, 0.25) is 0 Å². The van der Waals surface area contributed by atoms with E-state index in [1.54, 1.807) is 11.9 Å². The van der Waals surface area contributed by atoms with Gasteiger partial charge in [0.25, 0.3) is 5.91 Å². The molecule has 2 rings (SSSR count). The van der Waals surface area contributed by atoms with Crippen LogP contribution in [0.1, 0.15) is 31.1 Å². The smallest absolute Gasteiger partial charge is 0.417 e. The maximum absolute atomic E-state index is 13.2. The molecule has 0 radical (unpaired) electrons. The SMILES string of the molecule is CCCCN(C)C(=O)/C(=C/c1ccc(-c2ccccc2C(F)(F)F)o1)SC=S. The van der Waals surface area contributed by atoms with E-state index in [0.717, 1.165) is 30.7 Å². The number of nitrogens with zero attached hydrogens (tertiary/aromatic N) is 1. The van der Waals surface area contributed by atoms with Crippen molar-refractivity contribution in [2.45, 2.75) is 25.9 Å². The molecule has 1 heterocycles. The van der Waals surface area contributed by atoms with Crippen LogP contribution in [-0.4, -0.2) is 29.1 Å². The summed E-state index contributed by atoms with van der Waals surface area (Å²) in [5.41, 5.74) is -0.825. The zero-order valence-corrected chi connectivity index (χ0v) is 17.1. The Morgan fingerprint density at radius 2 is 1.96 bits per heavy atom. The van der Waals surface area contributed by atoms with Gasteiger partial charge in [-0.15, -0.1) is 0 Å². The number of likely N-dealkylation sites (N-methyl/N-ethyl adjacent to an activating group) is 1. The lowest BCUT2D eigenvalue weighted by molar-refractivity contribution is -0.137. The Labute approximate surface area is 171 Å². The second kappa shape index (κ2) is 9.93. The number of halogens is 3. The van der Waals surface area contributed by atoms with Crippen molar-refractivity contribution < 1.29 is 22.4 Å². The summed E-state index contributed by atoms with van der Waals surface area (Å²) in [6.07, 6.45) is -1.17. The van der Waals surface area contributed by atoms with E-state index in [0.29, 0.717) is 11.4 Å². The quantitative estimate of drug-likeness (QED) is 0.368. The van der Waals surface area contributed by atoms with Crippen molar-refractivity contribution in [3.63, 3.8) is 0 Å². The van der Waals surface area contributed by atoms with Gasteiger partial charge in [0.15, 0.2) is 0 Å². The lowest BCUT2D eigenvalue weighted by Gasteiger charge is -2.17. The van der Waals surface area contributed by atoms with Gasteiger partial charge in [-0.1, -0.05) is 55.5 Å². The molecule has 0 spiro atoms. The van der Waals surface area contributed by atoms with Crippen molar-refractivity contribution in [1.29, 1.82) is 0 Å². The molecule has 8 heteroatoms. The topological polar surface area (TPSA) is 33.5 Å². The number of amides is 1. The number of furan rings is 1. The third kappa shape index (κ3) is 5.72. The van der Waals surface area contributed by atoms with Crippen LogP contribution in [0.4, 0.5) is 13.2 Å². The van der Waals surface area contributed by atoms with Crippen LogP contribution in [0.3, 0.4) is 0 Å². The maximum atomic E-state index is 13.2. The number of alkyl halides is 3. The Kier molecular flexibility index (Phi) is 7.88. The third-order valence-electron chi connectivity index (χ3n) is 3.98. The molecule has 0 aliphatic heterocycles. The number of thiocarbonyl (C=S) groups is 1. The average Bonchev–Trinajstić information content (AvgIpc) is 3.13. The average molecular weight is 428 g/mol. The minimum Gasteiger partial charge on any atom is -0.457 e. The van der Waals surface area contributed by atoms with Crippen LogP contribution in [0, 0.1) is 0 Å². The second-order valence-corrected chi connectivity index (χ2v) is 7.49. The van der Waals surface area contributed by atoms with Gasteiger partial charge < -0.3 is 9.32 Å². The van der Waals surface area contributed by atoms with Crippen LogP contribution in [-0.2, 0) is 11.0 Å². The molecule has 0 aliphatic carbocycles. The fourth-order valence-corrected chi connectivity index (χ4v) is 3.39. The van der Waals surface area contributed by atoms with Crippen molar-refractivity contribution in [3.05, 3.63) is 52.6 Å². The Balaban J connectivity index is 2.33. The van der Waals surface area contributed by atoms with Crippen LogP contribution >= 0.6 is 24.0 Å². The van der Waals surface area contributed by atoms with E-state index in [-0.39, 0.29) is 23.0 Å². The van der Waals surface area contributed by atoms with Gasteiger partial charge in [0.05, 0.1) is 10.5 Å². The van der Waals surface area contributed by atoms with E-state index < -0.39 is 11.7 Å². The molecule has 2 aromatic rings. The van der Waals surface area contributed by atoms with Crippen LogP contribution in [0.5, 0.6) is 0 Å². The second-order valence-electron chi connectivity index (χ2n) is 6.05. The largest absolute Gasteiger partial charge is 0.457 e. The Hall–Kier alpha value is -2.06.